The molecule has 0 aromatic heterocycles. The van der Waals surface area contributed by atoms with E-state index in [4.69, 9.17) is 39.5 Å². The molecule has 0 bridgehead atoms. The minimum Gasteiger partial charge on any atom is -0.405 e. The van der Waals surface area contributed by atoms with Crippen molar-refractivity contribution in [2.24, 2.45) is 0 Å². The average Bonchev–Trinajstić information content (AvgIpc) is 1.50. The van der Waals surface area contributed by atoms with E-state index in [0.717, 1.165) is 10.5 Å². The minimum absolute atomic E-state index is 0.360. The number of fused-ring (bicyclic) bond motifs is 12. The quantitative estimate of drug-likeness (QED) is 0.122. The van der Waals surface area contributed by atoms with E-state index >= 15 is 0 Å². The van der Waals surface area contributed by atoms with Gasteiger partial charge >= 0.3 is 21.1 Å². The Morgan fingerprint density at radius 2 is 0.596 bits per heavy atom. The predicted octanol–water partition coefficient (Wildman–Crippen LogP) is 19.9. The first-order valence-corrected chi connectivity index (χ1v) is 33.5. The van der Waals surface area contributed by atoms with Crippen LogP contribution in [0.4, 0.5) is 0 Å². The van der Waals surface area contributed by atoms with Crippen molar-refractivity contribution in [3.05, 3.63) is 304 Å². The Morgan fingerprint density at radius 1 is 0.255 bits per heavy atom. The lowest BCUT2D eigenvalue weighted by Gasteiger charge is -2.34. The van der Waals surface area contributed by atoms with Crippen LogP contribution in [-0.2, 0) is 38.8 Å². The number of rotatable bonds is 6. The van der Waals surface area contributed by atoms with E-state index < -0.39 is 43.2 Å². The van der Waals surface area contributed by atoms with E-state index in [1.165, 1.54) is 110 Å². The molecule has 0 N–H and O–H groups in total. The van der Waals surface area contributed by atoms with Gasteiger partial charge in [0, 0.05) is 5.02 Å². The van der Waals surface area contributed by atoms with Crippen LogP contribution in [0.5, 0.6) is 0 Å². The first-order chi connectivity index (χ1) is 44.9. The van der Waals surface area contributed by atoms with Crippen LogP contribution in [0.25, 0.3) is 65.3 Å². The number of benzene rings is 12. The van der Waals surface area contributed by atoms with Crippen molar-refractivity contribution < 1.29 is 27.9 Å². The van der Waals surface area contributed by atoms with Gasteiger partial charge in [-0.25, -0.2) is 0 Å². The highest BCUT2D eigenvalue weighted by atomic mass is 35.5. The van der Waals surface area contributed by atoms with Crippen LogP contribution < -0.4 is 5.46 Å². The van der Waals surface area contributed by atoms with Crippen LogP contribution in [0.2, 0.25) is 5.02 Å². The maximum Gasteiger partial charge on any atom is 0.494 e. The molecule has 3 saturated heterocycles. The molecule has 0 radical (unpaired) electrons. The lowest BCUT2D eigenvalue weighted by molar-refractivity contribution is 0.00578. The molecule has 3 aliphatic heterocycles. The molecule has 3 fully saturated rings. The molecule has 5 aliphatic rings. The summed E-state index contributed by atoms with van der Waals surface area (Å²) in [5, 5.41) is 10.9. The number of hydrogen-bond donors (Lipinski definition) is 0. The van der Waals surface area contributed by atoms with Crippen LogP contribution >= 0.6 is 11.6 Å². The summed E-state index contributed by atoms with van der Waals surface area (Å²) in [5.74, 6) is 0. The summed E-state index contributed by atoms with van der Waals surface area (Å²) in [6, 6.07) is 92.9. The van der Waals surface area contributed by atoms with Gasteiger partial charge in [0.1, 0.15) is 0 Å². The van der Waals surface area contributed by atoms with Crippen molar-refractivity contribution in [3.63, 3.8) is 0 Å². The van der Waals surface area contributed by atoms with Crippen LogP contribution in [0.15, 0.2) is 255 Å². The van der Waals surface area contributed by atoms with Crippen molar-refractivity contribution in [1.29, 1.82) is 0 Å². The first-order valence-electron chi connectivity index (χ1n) is 33.1. The SMILES string of the molecule is CC1(C)OB(B2OC(C)(C)C(C)(C)O2)OC1(C)C.CC1(C)OB(c2ccc3c(c2)C(c2ccccc2)(c2ccc4c(ccc5ccccc54)c2)c2ccccc2-3)OC1(C)C.Clc1ccc2c(c1)C(c1ccccc1)(c1ccc3c(ccc4ccccc43)c1)c1ccccc1-2. The van der Waals surface area contributed by atoms with Gasteiger partial charge in [-0.3, -0.25) is 0 Å². The molecule has 466 valence electrons. The van der Waals surface area contributed by atoms with Crippen molar-refractivity contribution in [3.8, 4) is 22.3 Å². The zero-order valence-corrected chi connectivity index (χ0v) is 56.6. The molecule has 2 unspecified atom stereocenters. The van der Waals surface area contributed by atoms with Gasteiger partial charge in [-0.05, 0) is 223 Å². The molecule has 10 heteroatoms. The maximum absolute atomic E-state index is 6.63. The summed E-state index contributed by atoms with van der Waals surface area (Å²) in [6.07, 6.45) is 0. The third kappa shape index (κ3) is 9.78. The number of halogens is 1. The highest BCUT2D eigenvalue weighted by Crippen LogP contribution is 2.59. The number of hydrogen-bond acceptors (Lipinski definition) is 6. The van der Waals surface area contributed by atoms with Gasteiger partial charge in [0.05, 0.1) is 44.4 Å². The van der Waals surface area contributed by atoms with Crippen molar-refractivity contribution >= 4 is 81.3 Å². The third-order valence-corrected chi connectivity index (χ3v) is 22.4. The van der Waals surface area contributed by atoms with Gasteiger partial charge < -0.3 is 27.9 Å². The molecule has 0 saturated carbocycles. The second kappa shape index (κ2) is 22.5. The van der Waals surface area contributed by atoms with Gasteiger partial charge in [0.25, 0.3) is 0 Å². The van der Waals surface area contributed by atoms with Gasteiger partial charge in [0.2, 0.25) is 0 Å². The van der Waals surface area contributed by atoms with Crippen molar-refractivity contribution in [2.75, 3.05) is 0 Å². The van der Waals surface area contributed by atoms with Crippen LogP contribution in [0, 0.1) is 0 Å². The molecule has 0 amide bonds. The molecule has 12 aromatic carbocycles. The summed E-state index contributed by atoms with van der Waals surface area (Å²) >= 11 is 6.63. The Morgan fingerprint density at radius 3 is 1.04 bits per heavy atom. The smallest absolute Gasteiger partial charge is 0.405 e. The largest absolute Gasteiger partial charge is 0.494 e. The molecule has 94 heavy (non-hydrogen) atoms. The lowest BCUT2D eigenvalue weighted by Crippen LogP contribution is -2.41. The Balaban J connectivity index is 0.000000125. The summed E-state index contributed by atoms with van der Waals surface area (Å²) < 4.78 is 36.9. The van der Waals surface area contributed by atoms with E-state index in [0.29, 0.717) is 0 Å². The molecule has 3 heterocycles. The third-order valence-electron chi connectivity index (χ3n) is 22.1. The fraction of sp³-hybridized carbons (Fsp3) is 0.238. The van der Waals surface area contributed by atoms with Gasteiger partial charge in [0.15, 0.2) is 0 Å². The molecular formula is C84H78B3ClO6. The summed E-state index contributed by atoms with van der Waals surface area (Å²) in [7, 11) is -1.38. The molecular weight excluding hydrogens is 1170 g/mol. The van der Waals surface area contributed by atoms with Gasteiger partial charge in [-0.1, -0.05) is 242 Å². The van der Waals surface area contributed by atoms with Gasteiger partial charge in [-0.2, -0.15) is 0 Å². The van der Waals surface area contributed by atoms with E-state index in [-0.39, 0.29) is 22.4 Å². The Kier molecular flexibility index (Phi) is 14.9. The Hall–Kier alpha value is -8.08. The van der Waals surface area contributed by atoms with E-state index in [1.54, 1.807) is 0 Å². The molecule has 12 aromatic rings. The fourth-order valence-electron chi connectivity index (χ4n) is 15.1. The standard InChI is InChI=1S/C39H33BO2.C33H21Cl.C12H24B2O4/c1-37(2)38(3,4)42-40(41-37)30-21-23-34-33-16-10-11-17-35(33)39(36(34)25-30,28-13-6-5-7-14-28)29-20-22-32-27(24-29)19-18-26-12-8-9-15-31(26)32;34-26-17-19-30-29-12-6-7-13-31(29)33(32(30)21-26,24-9-2-1-3-10-24)25-16-18-28-23(20-25)15-14-22-8-4-5-11-27(22)28;1-9(2)10(3,4)16-13(15-9)14-17-11(5,6)12(7,8)18-14/h5-25H,1-4H3;1-21H;1-8H3. The highest BCUT2D eigenvalue weighted by molar-refractivity contribution is 7.11. The molecule has 17 rings (SSSR count). The van der Waals surface area contributed by atoms with Crippen LogP contribution in [0.1, 0.15) is 128 Å². The summed E-state index contributed by atoms with van der Waals surface area (Å²) in [5.41, 5.74) is 13.1. The van der Waals surface area contributed by atoms with Crippen molar-refractivity contribution in [1.82, 2.24) is 0 Å². The van der Waals surface area contributed by atoms with Gasteiger partial charge in [-0.15, -0.1) is 0 Å². The second-order valence-corrected chi connectivity index (χ2v) is 29.5. The normalized spacial score (nSPS) is 21.1. The average molecular weight is 1250 g/mol. The first kappa shape index (κ1) is 62.1. The maximum atomic E-state index is 6.63. The molecule has 6 nitrogen and oxygen atoms in total. The predicted molar refractivity (Wildman–Crippen MR) is 390 cm³/mol. The zero-order valence-electron chi connectivity index (χ0n) is 55.8. The van der Waals surface area contributed by atoms with Crippen LogP contribution in [-0.4, -0.2) is 54.7 Å². The zero-order chi connectivity index (χ0) is 65.4. The van der Waals surface area contributed by atoms with Crippen molar-refractivity contribution in [2.45, 2.75) is 128 Å². The summed E-state index contributed by atoms with van der Waals surface area (Å²) in [4.78, 5) is 0. The summed E-state index contributed by atoms with van der Waals surface area (Å²) in [6.45, 7) is 24.7. The van der Waals surface area contributed by atoms with E-state index in [1.807, 2.05) is 61.5 Å². The Labute approximate surface area is 559 Å². The molecule has 2 atom stereocenters. The van der Waals surface area contributed by atoms with Crippen LogP contribution in [0.3, 0.4) is 0 Å². The molecule has 2 aliphatic carbocycles. The molecule has 0 spiro atoms. The minimum atomic E-state index is -0.493. The monoisotopic (exact) mass is 1250 g/mol. The van der Waals surface area contributed by atoms with E-state index in [2.05, 4.69) is 276 Å². The fourth-order valence-corrected chi connectivity index (χ4v) is 15.3. The Bertz CT molecular complexity index is 4870. The highest BCUT2D eigenvalue weighted by Gasteiger charge is 2.64. The topological polar surface area (TPSA) is 55.4 Å². The van der Waals surface area contributed by atoms with E-state index in [9.17, 15) is 0 Å². The second-order valence-electron chi connectivity index (χ2n) is 29.1. The lowest BCUT2D eigenvalue weighted by atomic mass is 9.49.